The van der Waals surface area contributed by atoms with Gasteiger partial charge in [0.1, 0.15) is 12.4 Å². The van der Waals surface area contributed by atoms with Crippen LogP contribution in [-0.2, 0) is 24.6 Å². The van der Waals surface area contributed by atoms with Crippen LogP contribution in [0.3, 0.4) is 0 Å². The number of rotatable bonds is 8. The number of carbonyl (C=O) groups excluding carboxylic acids is 5. The lowest BCUT2D eigenvalue weighted by atomic mass is 9.86. The van der Waals surface area contributed by atoms with Crippen LogP contribution < -0.4 is 10.6 Å². The fourth-order valence-corrected chi connectivity index (χ4v) is 4.89. The molecule has 1 fully saturated rings. The number of hydrogen-bond donors (Lipinski definition) is 1. The zero-order chi connectivity index (χ0) is 29.6. The van der Waals surface area contributed by atoms with E-state index in [4.69, 9.17) is 15.2 Å². The molecule has 1 heterocycles. The van der Waals surface area contributed by atoms with E-state index in [-0.39, 0.29) is 42.0 Å². The van der Waals surface area contributed by atoms with Crippen LogP contribution in [0.1, 0.15) is 46.0 Å². The molecular weight excluding hydrogens is 533 g/mol. The molecule has 0 spiro atoms. The highest BCUT2D eigenvalue weighted by molar-refractivity contribution is 6.03. The Bertz CT molecular complexity index is 1480. The van der Waals surface area contributed by atoms with Gasteiger partial charge in [-0.15, -0.1) is 0 Å². The first-order valence-corrected chi connectivity index (χ1v) is 12.9. The summed E-state index contributed by atoms with van der Waals surface area (Å²) in [5.41, 5.74) is 3.91. The third kappa shape index (κ3) is 5.93. The minimum atomic E-state index is -1.94. The molecule has 11 heteroatoms. The number of nitrogens with two attached hydrogens (primary N) is 1. The lowest BCUT2D eigenvalue weighted by Crippen LogP contribution is -2.53. The maximum absolute atomic E-state index is 15.2. The lowest BCUT2D eigenvalue weighted by Gasteiger charge is -2.36. The number of anilines is 1. The van der Waals surface area contributed by atoms with Gasteiger partial charge >= 0.3 is 23.9 Å². The second kappa shape index (κ2) is 12.4. The summed E-state index contributed by atoms with van der Waals surface area (Å²) in [4.78, 5) is 66.8. The van der Waals surface area contributed by atoms with Gasteiger partial charge in [-0.25, -0.2) is 23.6 Å². The van der Waals surface area contributed by atoms with Crippen molar-refractivity contribution in [2.45, 2.75) is 25.3 Å². The minimum Gasteiger partial charge on any atom is -0.462 e. The van der Waals surface area contributed by atoms with Gasteiger partial charge in [-0.05, 0) is 56.2 Å². The van der Waals surface area contributed by atoms with E-state index in [0.29, 0.717) is 6.42 Å². The SMILES string of the molecule is CCOC(=O)c1cccc(N(CC(=O)OC(=O)C2(c3ccccc3F)CCCN2C(=O)c2ccccc2)C(N)=O)c1. The summed E-state index contributed by atoms with van der Waals surface area (Å²) >= 11 is 0. The number of ether oxygens (including phenoxy) is 2. The van der Waals surface area contributed by atoms with Crippen molar-refractivity contribution in [3.05, 3.63) is 101 Å². The Morgan fingerprint density at radius 1 is 0.951 bits per heavy atom. The molecule has 1 aliphatic rings. The van der Waals surface area contributed by atoms with Gasteiger partial charge in [-0.3, -0.25) is 9.69 Å². The monoisotopic (exact) mass is 561 g/mol. The van der Waals surface area contributed by atoms with E-state index in [1.165, 1.54) is 47.4 Å². The van der Waals surface area contributed by atoms with Crippen molar-refractivity contribution < 1.29 is 37.8 Å². The van der Waals surface area contributed by atoms with Gasteiger partial charge in [0.25, 0.3) is 5.91 Å². The van der Waals surface area contributed by atoms with E-state index in [9.17, 15) is 24.0 Å². The summed E-state index contributed by atoms with van der Waals surface area (Å²) in [5, 5.41) is 0. The van der Waals surface area contributed by atoms with Gasteiger partial charge in [0, 0.05) is 23.4 Å². The topological polar surface area (TPSA) is 136 Å². The predicted octanol–water partition coefficient (Wildman–Crippen LogP) is 3.79. The minimum absolute atomic E-state index is 0.000259. The van der Waals surface area contributed by atoms with E-state index in [0.717, 1.165) is 11.0 Å². The van der Waals surface area contributed by atoms with E-state index >= 15 is 4.39 Å². The standard InChI is InChI=1S/C30H28FN3O7/c1-2-40-27(37)21-12-8-13-22(18-21)33(29(32)39)19-25(35)41-28(38)30(23-14-6-7-15-24(23)31)16-9-17-34(30)26(36)20-10-4-3-5-11-20/h3-8,10-15,18H,2,9,16-17,19H2,1H3,(H2,32,39). The zero-order valence-corrected chi connectivity index (χ0v) is 22.2. The molecule has 0 bridgehead atoms. The molecule has 1 atom stereocenters. The smallest absolute Gasteiger partial charge is 0.344 e. The molecule has 0 aliphatic carbocycles. The van der Waals surface area contributed by atoms with Crippen molar-refractivity contribution in [3.8, 4) is 0 Å². The summed E-state index contributed by atoms with van der Waals surface area (Å²) in [5.74, 6) is -4.28. The molecule has 4 rings (SSSR count). The maximum atomic E-state index is 15.2. The molecule has 3 aromatic carbocycles. The highest BCUT2D eigenvalue weighted by Crippen LogP contribution is 2.42. The van der Waals surface area contributed by atoms with E-state index in [2.05, 4.69) is 0 Å². The third-order valence-electron chi connectivity index (χ3n) is 6.73. The summed E-state index contributed by atoms with van der Waals surface area (Å²) in [7, 11) is 0. The first-order valence-electron chi connectivity index (χ1n) is 12.9. The number of amides is 3. The second-order valence-electron chi connectivity index (χ2n) is 9.22. The van der Waals surface area contributed by atoms with Crippen LogP contribution in [-0.4, -0.2) is 54.4 Å². The fourth-order valence-electron chi connectivity index (χ4n) is 4.89. The number of carbonyl (C=O) groups is 5. The summed E-state index contributed by atoms with van der Waals surface area (Å²) in [6.07, 6.45) is 0.337. The van der Waals surface area contributed by atoms with Crippen molar-refractivity contribution >= 4 is 35.5 Å². The van der Waals surface area contributed by atoms with Gasteiger partial charge < -0.3 is 20.1 Å². The number of esters is 3. The number of hydrogen-bond acceptors (Lipinski definition) is 7. The number of halogens is 1. The van der Waals surface area contributed by atoms with Crippen LogP contribution in [0, 0.1) is 5.82 Å². The quantitative estimate of drug-likeness (QED) is 0.326. The first kappa shape index (κ1) is 28.9. The molecule has 0 saturated carbocycles. The van der Waals surface area contributed by atoms with Crippen LogP contribution in [0.4, 0.5) is 14.9 Å². The lowest BCUT2D eigenvalue weighted by molar-refractivity contribution is -0.166. The molecule has 0 radical (unpaired) electrons. The normalized spacial score (nSPS) is 16.1. The third-order valence-corrected chi connectivity index (χ3v) is 6.73. The van der Waals surface area contributed by atoms with Gasteiger partial charge in [0.05, 0.1) is 12.2 Å². The van der Waals surface area contributed by atoms with Crippen LogP contribution in [0.5, 0.6) is 0 Å². The van der Waals surface area contributed by atoms with Crippen molar-refractivity contribution in [1.82, 2.24) is 4.90 Å². The van der Waals surface area contributed by atoms with Crippen LogP contribution in [0.2, 0.25) is 0 Å². The molecule has 2 N–H and O–H groups in total. The second-order valence-corrected chi connectivity index (χ2v) is 9.22. The average molecular weight is 562 g/mol. The van der Waals surface area contributed by atoms with Crippen molar-refractivity contribution in [1.29, 1.82) is 0 Å². The first-order chi connectivity index (χ1) is 19.7. The molecule has 212 valence electrons. The van der Waals surface area contributed by atoms with E-state index in [1.807, 2.05) is 0 Å². The van der Waals surface area contributed by atoms with E-state index < -0.39 is 47.7 Å². The predicted molar refractivity (Wildman–Crippen MR) is 145 cm³/mol. The van der Waals surface area contributed by atoms with Crippen molar-refractivity contribution in [2.24, 2.45) is 5.73 Å². The number of likely N-dealkylation sites (tertiary alicyclic amines) is 1. The van der Waals surface area contributed by atoms with Gasteiger partial charge in [-0.1, -0.05) is 42.5 Å². The largest absolute Gasteiger partial charge is 0.462 e. The summed E-state index contributed by atoms with van der Waals surface area (Å²) < 4.78 is 25.3. The number of nitrogens with zero attached hydrogens (tertiary/aromatic N) is 2. The van der Waals surface area contributed by atoms with Crippen LogP contribution in [0.15, 0.2) is 78.9 Å². The molecule has 41 heavy (non-hydrogen) atoms. The Morgan fingerprint density at radius 2 is 1.63 bits per heavy atom. The fraction of sp³-hybridized carbons (Fsp3) is 0.233. The van der Waals surface area contributed by atoms with Crippen LogP contribution in [0.25, 0.3) is 0 Å². The molecule has 10 nitrogen and oxygen atoms in total. The Kier molecular flexibility index (Phi) is 8.76. The highest BCUT2D eigenvalue weighted by Gasteiger charge is 2.54. The molecule has 1 saturated heterocycles. The van der Waals surface area contributed by atoms with Gasteiger partial charge in [0.15, 0.2) is 5.54 Å². The van der Waals surface area contributed by atoms with Crippen molar-refractivity contribution in [2.75, 3.05) is 24.6 Å². The number of benzene rings is 3. The molecule has 0 aromatic heterocycles. The molecule has 1 aliphatic heterocycles. The Hall–Kier alpha value is -5.06. The zero-order valence-electron chi connectivity index (χ0n) is 22.2. The average Bonchev–Trinajstić information content (AvgIpc) is 3.42. The highest BCUT2D eigenvalue weighted by atomic mass is 19.1. The van der Waals surface area contributed by atoms with Crippen LogP contribution >= 0.6 is 0 Å². The maximum Gasteiger partial charge on any atom is 0.344 e. The molecule has 1 unspecified atom stereocenters. The Morgan fingerprint density at radius 3 is 2.32 bits per heavy atom. The Labute approximate surface area is 235 Å². The molecular formula is C30H28FN3O7. The van der Waals surface area contributed by atoms with E-state index in [1.54, 1.807) is 37.3 Å². The molecule has 3 amide bonds. The molecule has 3 aromatic rings. The van der Waals surface area contributed by atoms with Gasteiger partial charge in [-0.2, -0.15) is 0 Å². The van der Waals surface area contributed by atoms with Gasteiger partial charge in [0.2, 0.25) is 0 Å². The van der Waals surface area contributed by atoms with Crippen molar-refractivity contribution in [3.63, 3.8) is 0 Å². The summed E-state index contributed by atoms with van der Waals surface area (Å²) in [6, 6.07) is 18.3. The Balaban J connectivity index is 1.64. The number of primary amides is 1. The summed E-state index contributed by atoms with van der Waals surface area (Å²) in [6.45, 7) is 1.08. The number of urea groups is 1.